The number of phenolic OH excluding ortho intramolecular Hbond substituents is 1. The summed E-state index contributed by atoms with van der Waals surface area (Å²) >= 11 is 0. The summed E-state index contributed by atoms with van der Waals surface area (Å²) in [7, 11) is 1.52. The number of aromatic hydroxyl groups is 1. The highest BCUT2D eigenvalue weighted by molar-refractivity contribution is 5.85. The topological polar surface area (TPSA) is 71.0 Å². The third kappa shape index (κ3) is 7.22. The van der Waals surface area contributed by atoms with Gasteiger partial charge in [0.25, 0.3) is 0 Å². The van der Waals surface area contributed by atoms with Gasteiger partial charge in [0.1, 0.15) is 18.5 Å². The van der Waals surface area contributed by atoms with Crippen LogP contribution in [0, 0.1) is 6.92 Å². The Balaban J connectivity index is 0.00000312. The molecule has 1 unspecified atom stereocenters. The van der Waals surface area contributed by atoms with Crippen molar-refractivity contribution in [2.45, 2.75) is 19.4 Å². The SMILES string of the molecule is COc1ccc(CCNCC(O)COc2cccc(C)c2)cc1O.Cl. The Labute approximate surface area is 155 Å². The van der Waals surface area contributed by atoms with Crippen LogP contribution < -0.4 is 14.8 Å². The highest BCUT2D eigenvalue weighted by atomic mass is 35.5. The maximum absolute atomic E-state index is 9.95. The van der Waals surface area contributed by atoms with Gasteiger partial charge in [-0.3, -0.25) is 0 Å². The zero-order valence-corrected chi connectivity index (χ0v) is 15.4. The van der Waals surface area contributed by atoms with Gasteiger partial charge in [-0.2, -0.15) is 0 Å². The Morgan fingerprint density at radius 1 is 1.16 bits per heavy atom. The average molecular weight is 368 g/mol. The second-order valence-electron chi connectivity index (χ2n) is 5.74. The molecule has 0 spiro atoms. The molecule has 0 bridgehead atoms. The van der Waals surface area contributed by atoms with Gasteiger partial charge in [-0.05, 0) is 55.3 Å². The Kier molecular flexibility index (Phi) is 9.13. The molecule has 0 heterocycles. The number of rotatable bonds is 9. The zero-order chi connectivity index (χ0) is 17.4. The van der Waals surface area contributed by atoms with E-state index in [-0.39, 0.29) is 24.8 Å². The van der Waals surface area contributed by atoms with Crippen LogP contribution in [0.1, 0.15) is 11.1 Å². The van der Waals surface area contributed by atoms with Crippen LogP contribution in [0.3, 0.4) is 0 Å². The molecule has 5 nitrogen and oxygen atoms in total. The summed E-state index contributed by atoms with van der Waals surface area (Å²) < 4.78 is 10.6. The first-order valence-electron chi connectivity index (χ1n) is 8.02. The van der Waals surface area contributed by atoms with E-state index < -0.39 is 6.10 Å². The molecule has 0 aliphatic carbocycles. The Hall–Kier alpha value is -1.95. The van der Waals surface area contributed by atoms with E-state index in [0.717, 1.165) is 23.3 Å². The van der Waals surface area contributed by atoms with E-state index in [1.807, 2.05) is 37.3 Å². The maximum atomic E-state index is 9.95. The molecule has 0 aliphatic heterocycles. The van der Waals surface area contributed by atoms with Crippen LogP contribution >= 0.6 is 12.4 Å². The summed E-state index contributed by atoms with van der Waals surface area (Å²) in [5.41, 5.74) is 2.13. The quantitative estimate of drug-likeness (QED) is 0.594. The zero-order valence-electron chi connectivity index (χ0n) is 14.6. The molecule has 3 N–H and O–H groups in total. The molecule has 6 heteroatoms. The first-order chi connectivity index (χ1) is 11.6. The van der Waals surface area contributed by atoms with Gasteiger partial charge in [-0.25, -0.2) is 0 Å². The van der Waals surface area contributed by atoms with Crippen molar-refractivity contribution in [3.05, 3.63) is 53.6 Å². The molecule has 0 radical (unpaired) electrons. The summed E-state index contributed by atoms with van der Waals surface area (Å²) in [5, 5.41) is 22.9. The van der Waals surface area contributed by atoms with E-state index in [1.165, 1.54) is 7.11 Å². The van der Waals surface area contributed by atoms with Crippen molar-refractivity contribution in [2.75, 3.05) is 26.8 Å². The maximum Gasteiger partial charge on any atom is 0.160 e. The van der Waals surface area contributed by atoms with Gasteiger partial charge in [0.15, 0.2) is 11.5 Å². The summed E-state index contributed by atoms with van der Waals surface area (Å²) in [6, 6.07) is 13.1. The molecule has 0 amide bonds. The third-order valence-corrected chi connectivity index (χ3v) is 3.65. The number of aliphatic hydroxyl groups is 1. The second kappa shape index (κ2) is 10.8. The number of hydrogen-bond acceptors (Lipinski definition) is 5. The lowest BCUT2D eigenvalue weighted by molar-refractivity contribution is 0.106. The van der Waals surface area contributed by atoms with Crippen molar-refractivity contribution < 1.29 is 19.7 Å². The minimum Gasteiger partial charge on any atom is -0.504 e. The van der Waals surface area contributed by atoms with Crippen molar-refractivity contribution in [2.24, 2.45) is 0 Å². The molecule has 2 aromatic carbocycles. The third-order valence-electron chi connectivity index (χ3n) is 3.65. The monoisotopic (exact) mass is 367 g/mol. The van der Waals surface area contributed by atoms with Crippen LogP contribution in [0.15, 0.2) is 42.5 Å². The van der Waals surface area contributed by atoms with Crippen LogP contribution in [0.25, 0.3) is 0 Å². The van der Waals surface area contributed by atoms with Crippen LogP contribution in [-0.2, 0) is 6.42 Å². The molecule has 0 aliphatic rings. The van der Waals surface area contributed by atoms with Gasteiger partial charge in [0.05, 0.1) is 7.11 Å². The van der Waals surface area contributed by atoms with Crippen molar-refractivity contribution in [3.8, 4) is 17.2 Å². The fourth-order valence-electron chi connectivity index (χ4n) is 2.35. The number of halogens is 1. The van der Waals surface area contributed by atoms with Crippen molar-refractivity contribution in [3.63, 3.8) is 0 Å². The van der Waals surface area contributed by atoms with E-state index in [2.05, 4.69) is 5.32 Å². The number of nitrogens with one attached hydrogen (secondary N) is 1. The van der Waals surface area contributed by atoms with Crippen LogP contribution in [-0.4, -0.2) is 43.1 Å². The van der Waals surface area contributed by atoms with E-state index >= 15 is 0 Å². The van der Waals surface area contributed by atoms with Crippen LogP contribution in [0.2, 0.25) is 0 Å². The van der Waals surface area contributed by atoms with E-state index in [1.54, 1.807) is 12.1 Å². The summed E-state index contributed by atoms with van der Waals surface area (Å²) in [5.74, 6) is 1.37. The Bertz CT molecular complexity index is 651. The van der Waals surface area contributed by atoms with Crippen LogP contribution in [0.5, 0.6) is 17.2 Å². The molecule has 0 aromatic heterocycles. The standard InChI is InChI=1S/C19H25NO4.ClH/c1-14-4-3-5-17(10-14)24-13-16(21)12-20-9-8-15-6-7-19(23-2)18(22)11-15;/h3-7,10-11,16,20-22H,8-9,12-13H2,1-2H3;1H. The Morgan fingerprint density at radius 2 is 1.96 bits per heavy atom. The predicted octanol–water partition coefficient (Wildman–Crippen LogP) is 2.70. The number of aryl methyl sites for hydroxylation is 1. The molecular weight excluding hydrogens is 342 g/mol. The lowest BCUT2D eigenvalue weighted by Crippen LogP contribution is -2.32. The van der Waals surface area contributed by atoms with Crippen molar-refractivity contribution >= 4 is 12.4 Å². The fourth-order valence-corrected chi connectivity index (χ4v) is 2.35. The van der Waals surface area contributed by atoms with Crippen molar-refractivity contribution in [1.29, 1.82) is 0 Å². The van der Waals surface area contributed by atoms with Gasteiger partial charge in [0, 0.05) is 6.54 Å². The lowest BCUT2D eigenvalue weighted by atomic mass is 10.1. The van der Waals surface area contributed by atoms with Crippen LogP contribution in [0.4, 0.5) is 0 Å². The lowest BCUT2D eigenvalue weighted by Gasteiger charge is -2.14. The smallest absolute Gasteiger partial charge is 0.160 e. The van der Waals surface area contributed by atoms with Crippen molar-refractivity contribution in [1.82, 2.24) is 5.32 Å². The molecule has 0 saturated heterocycles. The summed E-state index contributed by atoms with van der Waals surface area (Å²) in [4.78, 5) is 0. The second-order valence-corrected chi connectivity index (χ2v) is 5.74. The van der Waals surface area contributed by atoms with E-state index in [0.29, 0.717) is 18.8 Å². The van der Waals surface area contributed by atoms with Gasteiger partial charge in [-0.15, -0.1) is 12.4 Å². The van der Waals surface area contributed by atoms with E-state index in [4.69, 9.17) is 9.47 Å². The molecule has 25 heavy (non-hydrogen) atoms. The van der Waals surface area contributed by atoms with Gasteiger partial charge >= 0.3 is 0 Å². The molecule has 0 saturated carbocycles. The normalized spacial score (nSPS) is 11.5. The fraction of sp³-hybridized carbons (Fsp3) is 0.368. The summed E-state index contributed by atoms with van der Waals surface area (Å²) in [6.45, 7) is 3.41. The number of benzene rings is 2. The predicted molar refractivity (Wildman–Crippen MR) is 101 cm³/mol. The molecule has 0 fully saturated rings. The first-order valence-corrected chi connectivity index (χ1v) is 8.02. The number of methoxy groups -OCH3 is 1. The number of hydrogen-bond donors (Lipinski definition) is 3. The van der Waals surface area contributed by atoms with Gasteiger partial charge in [0.2, 0.25) is 0 Å². The van der Waals surface area contributed by atoms with Gasteiger partial charge in [-0.1, -0.05) is 18.2 Å². The number of ether oxygens (including phenoxy) is 2. The average Bonchev–Trinajstić information content (AvgIpc) is 2.57. The summed E-state index contributed by atoms with van der Waals surface area (Å²) in [6.07, 6.45) is 0.179. The highest BCUT2D eigenvalue weighted by Gasteiger charge is 2.06. The molecule has 2 aromatic rings. The molecule has 2 rings (SSSR count). The largest absolute Gasteiger partial charge is 0.504 e. The molecule has 1 atom stereocenters. The minimum atomic E-state index is -0.574. The highest BCUT2D eigenvalue weighted by Crippen LogP contribution is 2.26. The number of phenols is 1. The first kappa shape index (κ1) is 21.1. The minimum absolute atomic E-state index is 0. The Morgan fingerprint density at radius 3 is 2.64 bits per heavy atom. The molecular formula is C19H26ClNO4. The number of aliphatic hydroxyl groups excluding tert-OH is 1. The van der Waals surface area contributed by atoms with E-state index in [9.17, 15) is 10.2 Å². The van der Waals surface area contributed by atoms with Gasteiger partial charge < -0.3 is 25.0 Å². The molecule has 138 valence electrons.